The maximum absolute atomic E-state index is 11.0. The third kappa shape index (κ3) is 3.91. The second-order valence-corrected chi connectivity index (χ2v) is 5.06. The van der Waals surface area contributed by atoms with Crippen LogP contribution in [0.15, 0.2) is 41.1 Å². The van der Waals surface area contributed by atoms with Crippen LogP contribution in [0.25, 0.3) is 0 Å². The van der Waals surface area contributed by atoms with E-state index in [4.69, 9.17) is 4.74 Å². The van der Waals surface area contributed by atoms with E-state index in [9.17, 15) is 10.1 Å². The van der Waals surface area contributed by atoms with E-state index in [-0.39, 0.29) is 5.69 Å². The van der Waals surface area contributed by atoms with Gasteiger partial charge in [0.2, 0.25) is 0 Å². The summed E-state index contributed by atoms with van der Waals surface area (Å²) in [6.45, 7) is 2.96. The average Bonchev–Trinajstić information content (AvgIpc) is 2.46. The van der Waals surface area contributed by atoms with Crippen molar-refractivity contribution in [1.29, 1.82) is 0 Å². The number of pyridine rings is 1. The normalized spacial score (nSPS) is 10.2. The Morgan fingerprint density at radius 3 is 2.95 bits per heavy atom. The number of halogens is 1. The van der Waals surface area contributed by atoms with Gasteiger partial charge in [-0.05, 0) is 40.5 Å². The summed E-state index contributed by atoms with van der Waals surface area (Å²) in [5.74, 6) is 0.778. The summed E-state index contributed by atoms with van der Waals surface area (Å²) in [5, 5.41) is 14.1. The predicted molar refractivity (Wildman–Crippen MR) is 83.5 cm³/mol. The minimum atomic E-state index is -0.462. The topological polar surface area (TPSA) is 77.3 Å². The van der Waals surface area contributed by atoms with Crippen LogP contribution in [0.3, 0.4) is 0 Å². The Balaban J connectivity index is 2.16. The first kappa shape index (κ1) is 15.2. The summed E-state index contributed by atoms with van der Waals surface area (Å²) in [6.07, 6.45) is 2.75. The Labute approximate surface area is 130 Å². The van der Waals surface area contributed by atoms with Crippen molar-refractivity contribution < 1.29 is 9.66 Å². The smallest absolute Gasteiger partial charge is 0.311 e. The molecule has 7 heteroatoms. The number of benzene rings is 1. The lowest BCUT2D eigenvalue weighted by molar-refractivity contribution is -0.384. The Morgan fingerprint density at radius 2 is 2.24 bits per heavy atom. The van der Waals surface area contributed by atoms with Crippen molar-refractivity contribution in [3.8, 4) is 5.75 Å². The molecule has 0 bridgehead atoms. The van der Waals surface area contributed by atoms with Crippen molar-refractivity contribution >= 4 is 27.3 Å². The van der Waals surface area contributed by atoms with Crippen molar-refractivity contribution in [2.75, 3.05) is 11.9 Å². The number of hydrogen-bond donors (Lipinski definition) is 1. The third-order valence-electron chi connectivity index (χ3n) is 2.76. The first-order chi connectivity index (χ1) is 10.1. The SMILES string of the molecule is CCOc1cccc(CNc2c(Br)cncc2[N+](=O)[O-])c1. The van der Waals surface area contributed by atoms with Gasteiger partial charge in [0.15, 0.2) is 0 Å². The first-order valence-electron chi connectivity index (χ1n) is 6.35. The van der Waals surface area contributed by atoms with E-state index in [1.54, 1.807) is 0 Å². The van der Waals surface area contributed by atoms with Crippen LogP contribution in [0.2, 0.25) is 0 Å². The molecule has 0 aliphatic rings. The average molecular weight is 352 g/mol. The Kier molecular flexibility index (Phi) is 5.10. The molecule has 2 rings (SSSR count). The van der Waals surface area contributed by atoms with Gasteiger partial charge in [-0.25, -0.2) is 0 Å². The quantitative estimate of drug-likeness (QED) is 0.633. The molecule has 0 aliphatic heterocycles. The molecule has 0 aliphatic carbocycles. The van der Waals surface area contributed by atoms with Gasteiger partial charge in [-0.3, -0.25) is 15.1 Å². The molecular formula is C14H14BrN3O3. The fourth-order valence-corrected chi connectivity index (χ4v) is 2.30. The molecule has 1 aromatic heterocycles. The van der Waals surface area contributed by atoms with Gasteiger partial charge in [0.05, 0.1) is 16.0 Å². The van der Waals surface area contributed by atoms with Gasteiger partial charge in [-0.15, -0.1) is 0 Å². The van der Waals surface area contributed by atoms with Crippen LogP contribution in [0.1, 0.15) is 12.5 Å². The van der Waals surface area contributed by atoms with Crippen molar-refractivity contribution in [1.82, 2.24) is 4.98 Å². The highest BCUT2D eigenvalue weighted by Crippen LogP contribution is 2.31. The number of nitrogens with one attached hydrogen (secondary N) is 1. The van der Waals surface area contributed by atoms with Gasteiger partial charge < -0.3 is 10.1 Å². The highest BCUT2D eigenvalue weighted by Gasteiger charge is 2.16. The van der Waals surface area contributed by atoms with Crippen LogP contribution in [-0.4, -0.2) is 16.5 Å². The van der Waals surface area contributed by atoms with Gasteiger partial charge in [0.25, 0.3) is 0 Å². The molecule has 0 fully saturated rings. The van der Waals surface area contributed by atoms with E-state index in [0.717, 1.165) is 11.3 Å². The van der Waals surface area contributed by atoms with Crippen LogP contribution in [-0.2, 0) is 6.54 Å². The van der Waals surface area contributed by atoms with Gasteiger partial charge >= 0.3 is 5.69 Å². The summed E-state index contributed by atoms with van der Waals surface area (Å²) in [5.41, 5.74) is 1.32. The number of hydrogen-bond acceptors (Lipinski definition) is 5. The van der Waals surface area contributed by atoms with Crippen LogP contribution in [0.5, 0.6) is 5.75 Å². The van der Waals surface area contributed by atoms with Gasteiger partial charge in [-0.1, -0.05) is 12.1 Å². The molecule has 2 aromatic rings. The van der Waals surface area contributed by atoms with Crippen molar-refractivity contribution in [3.63, 3.8) is 0 Å². The minimum Gasteiger partial charge on any atom is -0.494 e. The van der Waals surface area contributed by atoms with E-state index in [2.05, 4.69) is 26.2 Å². The van der Waals surface area contributed by atoms with Crippen LogP contribution >= 0.6 is 15.9 Å². The Morgan fingerprint density at radius 1 is 1.43 bits per heavy atom. The Hall–Kier alpha value is -2.15. The molecule has 1 aromatic carbocycles. The largest absolute Gasteiger partial charge is 0.494 e. The Bertz CT molecular complexity index is 649. The van der Waals surface area contributed by atoms with E-state index in [1.807, 2.05) is 31.2 Å². The molecular weight excluding hydrogens is 338 g/mol. The monoisotopic (exact) mass is 351 g/mol. The number of rotatable bonds is 6. The van der Waals surface area contributed by atoms with Crippen LogP contribution < -0.4 is 10.1 Å². The standard InChI is InChI=1S/C14H14BrN3O3/c1-2-21-11-5-3-4-10(6-11)7-17-14-12(15)8-16-9-13(14)18(19)20/h3-6,8-9H,2,7H2,1H3,(H,16,17). The number of nitrogens with zero attached hydrogens (tertiary/aromatic N) is 2. The summed E-state index contributed by atoms with van der Waals surface area (Å²) in [6, 6.07) is 7.59. The van der Waals surface area contributed by atoms with Gasteiger partial charge in [0.1, 0.15) is 17.6 Å². The van der Waals surface area contributed by atoms with E-state index >= 15 is 0 Å². The molecule has 6 nitrogen and oxygen atoms in total. The number of ether oxygens (including phenoxy) is 1. The summed E-state index contributed by atoms with van der Waals surface area (Å²) in [7, 11) is 0. The molecule has 0 amide bonds. The fraction of sp³-hybridized carbons (Fsp3) is 0.214. The zero-order chi connectivity index (χ0) is 15.2. The fourth-order valence-electron chi connectivity index (χ4n) is 1.84. The molecule has 0 atom stereocenters. The lowest BCUT2D eigenvalue weighted by Crippen LogP contribution is -2.04. The zero-order valence-corrected chi connectivity index (χ0v) is 13.0. The molecule has 21 heavy (non-hydrogen) atoms. The van der Waals surface area contributed by atoms with E-state index in [1.165, 1.54) is 12.4 Å². The van der Waals surface area contributed by atoms with E-state index in [0.29, 0.717) is 23.3 Å². The van der Waals surface area contributed by atoms with Crippen molar-refractivity contribution in [2.45, 2.75) is 13.5 Å². The molecule has 1 N–H and O–H groups in total. The third-order valence-corrected chi connectivity index (χ3v) is 3.36. The first-order valence-corrected chi connectivity index (χ1v) is 7.14. The van der Waals surface area contributed by atoms with E-state index < -0.39 is 4.92 Å². The molecule has 0 saturated heterocycles. The molecule has 1 heterocycles. The number of aromatic nitrogens is 1. The highest BCUT2D eigenvalue weighted by atomic mass is 79.9. The van der Waals surface area contributed by atoms with Gasteiger partial charge in [0, 0.05) is 12.7 Å². The summed E-state index contributed by atoms with van der Waals surface area (Å²) >= 11 is 3.27. The minimum absolute atomic E-state index is 0.0645. The molecule has 0 saturated carbocycles. The van der Waals surface area contributed by atoms with Crippen molar-refractivity contribution in [3.05, 3.63) is 56.8 Å². The van der Waals surface area contributed by atoms with Gasteiger partial charge in [-0.2, -0.15) is 0 Å². The molecule has 0 radical (unpaired) electrons. The second-order valence-electron chi connectivity index (χ2n) is 4.21. The number of anilines is 1. The lowest BCUT2D eigenvalue weighted by Gasteiger charge is -2.10. The van der Waals surface area contributed by atoms with Crippen LogP contribution in [0, 0.1) is 10.1 Å². The summed E-state index contributed by atoms with van der Waals surface area (Å²) < 4.78 is 5.98. The predicted octanol–water partition coefficient (Wildman–Crippen LogP) is 3.76. The lowest BCUT2D eigenvalue weighted by atomic mass is 10.2. The maximum atomic E-state index is 11.0. The molecule has 110 valence electrons. The molecule has 0 spiro atoms. The zero-order valence-electron chi connectivity index (χ0n) is 11.4. The number of nitro groups is 1. The van der Waals surface area contributed by atoms with Crippen LogP contribution in [0.4, 0.5) is 11.4 Å². The highest BCUT2D eigenvalue weighted by molar-refractivity contribution is 9.10. The molecule has 0 unspecified atom stereocenters. The second kappa shape index (κ2) is 7.03. The maximum Gasteiger partial charge on any atom is 0.311 e. The van der Waals surface area contributed by atoms with Crippen molar-refractivity contribution in [2.24, 2.45) is 0 Å². The summed E-state index contributed by atoms with van der Waals surface area (Å²) in [4.78, 5) is 14.4.